The summed E-state index contributed by atoms with van der Waals surface area (Å²) in [7, 11) is 0. The minimum atomic E-state index is -1.03. The summed E-state index contributed by atoms with van der Waals surface area (Å²) in [5.74, 6) is -3.05. The number of halogens is 3. The van der Waals surface area contributed by atoms with Crippen LogP contribution in [0.15, 0.2) is 30.5 Å². The maximum absolute atomic E-state index is 13.9. The van der Waals surface area contributed by atoms with Crippen molar-refractivity contribution in [2.24, 2.45) is 0 Å². The molecule has 2 aliphatic rings. The Morgan fingerprint density at radius 1 is 1.04 bits per heavy atom. The minimum Gasteiger partial charge on any atom is -0.365 e. The second kappa shape index (κ2) is 5.51. The standard InChI is InChI=1S/C17H14F3N3O/c18-10-1-4-14-15(8-10)23(6-5-22(14)12-2-3-12)17(24)16-13(20)7-11(19)9-21-16/h1,4,7-9,12H,2-3,5-6H2. The number of fused-ring (bicyclic) bond motifs is 1. The summed E-state index contributed by atoms with van der Waals surface area (Å²) in [6.45, 7) is 0.877. The third-order valence-electron chi connectivity index (χ3n) is 4.35. The summed E-state index contributed by atoms with van der Waals surface area (Å²) in [4.78, 5) is 19.7. The molecule has 1 saturated carbocycles. The minimum absolute atomic E-state index is 0.296. The molecule has 1 aliphatic heterocycles. The Bertz CT molecular complexity index is 823. The zero-order chi connectivity index (χ0) is 16.8. The Labute approximate surface area is 136 Å². The van der Waals surface area contributed by atoms with Crippen molar-refractivity contribution in [1.29, 1.82) is 0 Å². The van der Waals surface area contributed by atoms with Crippen molar-refractivity contribution in [3.63, 3.8) is 0 Å². The molecular weight excluding hydrogens is 319 g/mol. The normalized spacial score (nSPS) is 17.0. The highest BCUT2D eigenvalue weighted by Crippen LogP contribution is 2.40. The van der Waals surface area contributed by atoms with Gasteiger partial charge in [0.15, 0.2) is 11.5 Å². The van der Waals surface area contributed by atoms with Gasteiger partial charge in [-0.25, -0.2) is 18.2 Å². The Kier molecular flexibility index (Phi) is 3.44. The molecule has 0 radical (unpaired) electrons. The summed E-state index contributed by atoms with van der Waals surface area (Å²) in [5.41, 5.74) is 0.677. The molecule has 2 aromatic rings. The molecule has 2 heterocycles. The van der Waals surface area contributed by atoms with Crippen molar-refractivity contribution < 1.29 is 18.0 Å². The van der Waals surface area contributed by atoms with E-state index in [4.69, 9.17) is 0 Å². The molecule has 1 aliphatic carbocycles. The fraction of sp³-hybridized carbons (Fsp3) is 0.294. The maximum atomic E-state index is 13.9. The van der Waals surface area contributed by atoms with Gasteiger partial charge >= 0.3 is 0 Å². The number of pyridine rings is 1. The molecular formula is C17H14F3N3O. The number of aromatic nitrogens is 1. The van der Waals surface area contributed by atoms with Crippen LogP contribution in [0.3, 0.4) is 0 Å². The molecule has 0 unspecified atom stereocenters. The van der Waals surface area contributed by atoms with Crippen LogP contribution < -0.4 is 9.80 Å². The van der Waals surface area contributed by atoms with Crippen molar-refractivity contribution >= 4 is 17.3 Å². The quantitative estimate of drug-likeness (QED) is 0.847. The third kappa shape index (κ3) is 2.50. The van der Waals surface area contributed by atoms with Crippen molar-refractivity contribution in [3.8, 4) is 0 Å². The third-order valence-corrected chi connectivity index (χ3v) is 4.35. The van der Waals surface area contributed by atoms with E-state index in [2.05, 4.69) is 9.88 Å². The highest BCUT2D eigenvalue weighted by molar-refractivity contribution is 6.07. The number of carbonyl (C=O) groups excluding carboxylic acids is 1. The van der Waals surface area contributed by atoms with Crippen LogP contribution >= 0.6 is 0 Å². The number of nitrogens with zero attached hydrogens (tertiary/aromatic N) is 3. The molecule has 124 valence electrons. The molecule has 4 nitrogen and oxygen atoms in total. The predicted molar refractivity (Wildman–Crippen MR) is 82.6 cm³/mol. The topological polar surface area (TPSA) is 36.4 Å². The van der Waals surface area contributed by atoms with Crippen molar-refractivity contribution in [2.75, 3.05) is 22.9 Å². The maximum Gasteiger partial charge on any atom is 0.280 e. The summed E-state index contributed by atoms with van der Waals surface area (Å²) >= 11 is 0. The fourth-order valence-electron chi connectivity index (χ4n) is 3.08. The SMILES string of the molecule is O=C(c1ncc(F)cc1F)N1CCN(C2CC2)c2ccc(F)cc21. The van der Waals surface area contributed by atoms with Gasteiger partial charge in [-0.1, -0.05) is 0 Å². The van der Waals surface area contributed by atoms with Crippen molar-refractivity contribution in [1.82, 2.24) is 4.98 Å². The van der Waals surface area contributed by atoms with Gasteiger partial charge in [0.25, 0.3) is 5.91 Å². The molecule has 24 heavy (non-hydrogen) atoms. The van der Waals surface area contributed by atoms with Gasteiger partial charge < -0.3 is 9.80 Å². The molecule has 0 spiro atoms. The molecule has 1 amide bonds. The monoisotopic (exact) mass is 333 g/mol. The van der Waals surface area contributed by atoms with Gasteiger partial charge in [0.05, 0.1) is 17.6 Å². The molecule has 1 fully saturated rings. The van der Waals surface area contributed by atoms with E-state index in [9.17, 15) is 18.0 Å². The zero-order valence-corrected chi connectivity index (χ0v) is 12.7. The molecule has 1 aromatic carbocycles. The molecule has 0 N–H and O–H groups in total. The van der Waals surface area contributed by atoms with Gasteiger partial charge in [0, 0.05) is 25.2 Å². The van der Waals surface area contributed by atoms with Crippen LogP contribution in [0.4, 0.5) is 24.5 Å². The second-order valence-corrected chi connectivity index (χ2v) is 6.00. The number of hydrogen-bond acceptors (Lipinski definition) is 3. The lowest BCUT2D eigenvalue weighted by Crippen LogP contribution is -2.45. The van der Waals surface area contributed by atoms with Crippen LogP contribution in [0.25, 0.3) is 0 Å². The summed E-state index contributed by atoms with van der Waals surface area (Å²) in [6, 6.07) is 5.28. The van der Waals surface area contributed by atoms with E-state index in [1.807, 2.05) is 0 Å². The van der Waals surface area contributed by atoms with Crippen LogP contribution in [-0.2, 0) is 0 Å². The lowest BCUT2D eigenvalue weighted by Gasteiger charge is -2.37. The van der Waals surface area contributed by atoms with Gasteiger partial charge in [-0.3, -0.25) is 4.79 Å². The second-order valence-electron chi connectivity index (χ2n) is 6.00. The summed E-state index contributed by atoms with van der Waals surface area (Å²) < 4.78 is 40.6. The Morgan fingerprint density at radius 3 is 2.54 bits per heavy atom. The first-order valence-corrected chi connectivity index (χ1v) is 7.73. The van der Waals surface area contributed by atoms with E-state index in [0.29, 0.717) is 30.9 Å². The van der Waals surface area contributed by atoms with E-state index in [0.717, 1.165) is 24.7 Å². The van der Waals surface area contributed by atoms with Gasteiger partial charge in [-0.2, -0.15) is 0 Å². The van der Waals surface area contributed by atoms with Crippen LogP contribution in [0.2, 0.25) is 0 Å². The zero-order valence-electron chi connectivity index (χ0n) is 12.7. The number of anilines is 2. The molecule has 7 heteroatoms. The number of hydrogen-bond donors (Lipinski definition) is 0. The van der Waals surface area contributed by atoms with Crippen LogP contribution in [0.5, 0.6) is 0 Å². The smallest absolute Gasteiger partial charge is 0.280 e. The fourth-order valence-corrected chi connectivity index (χ4v) is 3.08. The Morgan fingerprint density at radius 2 is 1.83 bits per heavy atom. The first kappa shape index (κ1) is 15.0. The summed E-state index contributed by atoms with van der Waals surface area (Å²) in [6.07, 6.45) is 2.93. The first-order chi connectivity index (χ1) is 11.5. The van der Waals surface area contributed by atoms with Gasteiger partial charge in [-0.05, 0) is 31.0 Å². The molecule has 0 atom stereocenters. The Hall–Kier alpha value is -2.57. The average molecular weight is 333 g/mol. The van der Waals surface area contributed by atoms with Crippen LogP contribution in [0.1, 0.15) is 23.3 Å². The molecule has 0 bridgehead atoms. The van der Waals surface area contributed by atoms with Crippen molar-refractivity contribution in [3.05, 3.63) is 53.6 Å². The number of carbonyl (C=O) groups is 1. The van der Waals surface area contributed by atoms with E-state index < -0.39 is 29.1 Å². The lowest BCUT2D eigenvalue weighted by molar-refractivity contribution is 0.0977. The van der Waals surface area contributed by atoms with E-state index in [-0.39, 0.29) is 0 Å². The van der Waals surface area contributed by atoms with Crippen LogP contribution in [0, 0.1) is 17.5 Å². The van der Waals surface area contributed by atoms with Crippen LogP contribution in [-0.4, -0.2) is 30.0 Å². The van der Waals surface area contributed by atoms with E-state index in [1.165, 1.54) is 17.0 Å². The van der Waals surface area contributed by atoms with Gasteiger partial charge in [-0.15, -0.1) is 0 Å². The number of rotatable bonds is 2. The first-order valence-electron chi connectivity index (χ1n) is 7.73. The average Bonchev–Trinajstić information content (AvgIpc) is 3.38. The molecule has 1 aromatic heterocycles. The largest absolute Gasteiger partial charge is 0.365 e. The number of benzene rings is 1. The molecule has 0 saturated heterocycles. The number of amides is 1. The van der Waals surface area contributed by atoms with E-state index in [1.54, 1.807) is 6.07 Å². The lowest BCUT2D eigenvalue weighted by atomic mass is 10.1. The van der Waals surface area contributed by atoms with Gasteiger partial charge in [0.1, 0.15) is 11.6 Å². The van der Waals surface area contributed by atoms with Gasteiger partial charge in [0.2, 0.25) is 0 Å². The molecule has 4 rings (SSSR count). The van der Waals surface area contributed by atoms with E-state index >= 15 is 0 Å². The predicted octanol–water partition coefficient (Wildman–Crippen LogP) is 3.13. The highest BCUT2D eigenvalue weighted by atomic mass is 19.1. The van der Waals surface area contributed by atoms with Crippen molar-refractivity contribution in [2.45, 2.75) is 18.9 Å². The summed E-state index contributed by atoms with van der Waals surface area (Å²) in [5, 5.41) is 0. The Balaban J connectivity index is 1.74. The highest BCUT2D eigenvalue weighted by Gasteiger charge is 2.36.